The molecule has 2 atom stereocenters. The van der Waals surface area contributed by atoms with Gasteiger partial charge in [0.2, 0.25) is 0 Å². The predicted octanol–water partition coefficient (Wildman–Crippen LogP) is 7.28. The Morgan fingerprint density at radius 2 is 1.42 bits per heavy atom. The van der Waals surface area contributed by atoms with Crippen LogP contribution in [0.15, 0.2) is 113 Å². The van der Waals surface area contributed by atoms with E-state index in [1.165, 1.54) is 19.2 Å². The number of aryl methyl sites for hydroxylation is 1. The van der Waals surface area contributed by atoms with Crippen LogP contribution in [0.3, 0.4) is 0 Å². The first-order valence-corrected chi connectivity index (χ1v) is 12.5. The molecule has 0 amide bonds. The highest BCUT2D eigenvalue weighted by Crippen LogP contribution is 2.45. The van der Waals surface area contributed by atoms with Crippen LogP contribution in [0.25, 0.3) is 0 Å². The summed E-state index contributed by atoms with van der Waals surface area (Å²) in [6, 6.07) is 27.9. The summed E-state index contributed by atoms with van der Waals surface area (Å²) in [4.78, 5) is 0.885. The molecule has 0 heterocycles. The molecule has 1 N–H and O–H groups in total. The Labute approximate surface area is 211 Å². The number of anilines is 1. The molecule has 0 radical (unpaired) electrons. The molecule has 3 nitrogen and oxygen atoms in total. The summed E-state index contributed by atoms with van der Waals surface area (Å²) in [7, 11) is -0.149. The standard InChI is InChI=1S/C29H26F3NO2S/c1-21-12-18-26(19-13-21)36(34)27-11-7-6-8-22(27)20-28(29(30,31)32,23-9-4-3-5-10-23)33-24-14-16-25(35-2)17-15-24/h3-19,33H,20H2,1-2H3/t28-,36?/m0/s1. The summed E-state index contributed by atoms with van der Waals surface area (Å²) in [6.45, 7) is 1.92. The average molecular weight is 510 g/mol. The molecular weight excluding hydrogens is 483 g/mol. The maximum atomic E-state index is 15.1. The van der Waals surface area contributed by atoms with Crippen molar-refractivity contribution in [1.82, 2.24) is 0 Å². The molecule has 0 saturated heterocycles. The molecule has 36 heavy (non-hydrogen) atoms. The van der Waals surface area contributed by atoms with Crippen molar-refractivity contribution in [3.8, 4) is 5.75 Å². The first-order valence-electron chi connectivity index (χ1n) is 11.3. The van der Waals surface area contributed by atoms with E-state index in [2.05, 4.69) is 5.32 Å². The smallest absolute Gasteiger partial charge is 0.416 e. The first kappa shape index (κ1) is 25.5. The molecule has 0 aliphatic heterocycles. The molecule has 0 saturated carbocycles. The highest BCUT2D eigenvalue weighted by Gasteiger charge is 2.56. The maximum Gasteiger partial charge on any atom is 0.416 e. The lowest BCUT2D eigenvalue weighted by Crippen LogP contribution is -2.51. The highest BCUT2D eigenvalue weighted by atomic mass is 32.2. The van der Waals surface area contributed by atoms with Crippen molar-refractivity contribution in [2.45, 2.75) is 34.9 Å². The van der Waals surface area contributed by atoms with E-state index in [0.29, 0.717) is 21.1 Å². The van der Waals surface area contributed by atoms with Crippen molar-refractivity contribution in [2.24, 2.45) is 0 Å². The quantitative estimate of drug-likeness (QED) is 0.271. The number of hydrogen-bond acceptors (Lipinski definition) is 3. The van der Waals surface area contributed by atoms with E-state index in [4.69, 9.17) is 4.74 Å². The molecule has 186 valence electrons. The molecule has 0 aliphatic carbocycles. The fourth-order valence-corrected chi connectivity index (χ4v) is 5.32. The molecule has 0 aliphatic rings. The van der Waals surface area contributed by atoms with E-state index in [1.807, 2.05) is 19.1 Å². The van der Waals surface area contributed by atoms with E-state index in [-0.39, 0.29) is 11.3 Å². The Balaban J connectivity index is 1.83. The number of rotatable bonds is 8. The second-order valence-electron chi connectivity index (χ2n) is 8.49. The molecule has 0 aromatic heterocycles. The monoisotopic (exact) mass is 509 g/mol. The summed E-state index contributed by atoms with van der Waals surface area (Å²) in [5, 5.41) is 2.78. The Bertz CT molecular complexity index is 1320. The van der Waals surface area contributed by atoms with Crippen molar-refractivity contribution in [3.63, 3.8) is 0 Å². The Morgan fingerprint density at radius 3 is 2.03 bits per heavy atom. The summed E-state index contributed by atoms with van der Waals surface area (Å²) >= 11 is 0. The molecule has 0 bridgehead atoms. The van der Waals surface area contributed by atoms with Gasteiger partial charge >= 0.3 is 6.18 Å². The highest BCUT2D eigenvalue weighted by molar-refractivity contribution is 7.85. The zero-order valence-corrected chi connectivity index (χ0v) is 20.7. The van der Waals surface area contributed by atoms with Gasteiger partial charge in [0, 0.05) is 21.9 Å². The van der Waals surface area contributed by atoms with Gasteiger partial charge in [0.1, 0.15) is 5.75 Å². The van der Waals surface area contributed by atoms with Gasteiger partial charge in [-0.1, -0.05) is 66.2 Å². The summed E-state index contributed by atoms with van der Waals surface area (Å²) < 4.78 is 64.0. The lowest BCUT2D eigenvalue weighted by Gasteiger charge is -2.38. The van der Waals surface area contributed by atoms with Crippen LogP contribution in [0.4, 0.5) is 18.9 Å². The molecule has 0 spiro atoms. The second kappa shape index (κ2) is 10.6. The average Bonchev–Trinajstić information content (AvgIpc) is 2.89. The number of ether oxygens (including phenoxy) is 1. The van der Waals surface area contributed by atoms with Gasteiger partial charge in [-0.25, -0.2) is 4.21 Å². The number of nitrogens with one attached hydrogen (secondary N) is 1. The van der Waals surface area contributed by atoms with Gasteiger partial charge in [-0.05, 0) is 60.5 Å². The van der Waals surface area contributed by atoms with E-state index in [1.54, 1.807) is 78.9 Å². The fraction of sp³-hybridized carbons (Fsp3) is 0.172. The minimum atomic E-state index is -4.69. The van der Waals surface area contributed by atoms with E-state index < -0.39 is 28.9 Å². The summed E-state index contributed by atoms with van der Waals surface area (Å²) in [5.74, 6) is 0.539. The lowest BCUT2D eigenvalue weighted by molar-refractivity contribution is -0.182. The minimum absolute atomic E-state index is 0.0595. The van der Waals surface area contributed by atoms with Crippen molar-refractivity contribution in [3.05, 3.63) is 120 Å². The number of alkyl halides is 3. The fourth-order valence-electron chi connectivity index (χ4n) is 4.10. The molecule has 4 rings (SSSR count). The van der Waals surface area contributed by atoms with E-state index in [0.717, 1.165) is 5.56 Å². The van der Waals surface area contributed by atoms with Crippen molar-refractivity contribution in [1.29, 1.82) is 0 Å². The van der Waals surface area contributed by atoms with Crippen LogP contribution in [-0.2, 0) is 22.8 Å². The molecular formula is C29H26F3NO2S. The Morgan fingerprint density at radius 1 is 0.806 bits per heavy atom. The van der Waals surface area contributed by atoms with Crippen LogP contribution >= 0.6 is 0 Å². The number of benzene rings is 4. The summed E-state index contributed by atoms with van der Waals surface area (Å²) in [6.07, 6.45) is -5.15. The third kappa shape index (κ3) is 5.31. The number of methoxy groups -OCH3 is 1. The number of hydrogen-bond donors (Lipinski definition) is 1. The molecule has 7 heteroatoms. The molecule has 4 aromatic rings. The molecule has 4 aromatic carbocycles. The van der Waals surface area contributed by atoms with Gasteiger partial charge in [0.15, 0.2) is 5.54 Å². The zero-order valence-electron chi connectivity index (χ0n) is 19.9. The van der Waals surface area contributed by atoms with Crippen LogP contribution in [0.1, 0.15) is 16.7 Å². The topological polar surface area (TPSA) is 38.3 Å². The Hall–Kier alpha value is -3.58. The van der Waals surface area contributed by atoms with Crippen LogP contribution in [0.2, 0.25) is 0 Å². The normalized spacial score (nSPS) is 14.0. The number of halogens is 3. The van der Waals surface area contributed by atoms with Gasteiger partial charge in [-0.15, -0.1) is 0 Å². The van der Waals surface area contributed by atoms with Crippen LogP contribution in [-0.4, -0.2) is 17.5 Å². The van der Waals surface area contributed by atoms with Crippen molar-refractivity contribution in [2.75, 3.05) is 12.4 Å². The first-order chi connectivity index (χ1) is 17.2. The van der Waals surface area contributed by atoms with Crippen molar-refractivity contribution < 1.29 is 22.1 Å². The van der Waals surface area contributed by atoms with Gasteiger partial charge in [-0.2, -0.15) is 13.2 Å². The van der Waals surface area contributed by atoms with Gasteiger partial charge in [0.05, 0.1) is 17.9 Å². The van der Waals surface area contributed by atoms with Gasteiger partial charge < -0.3 is 10.1 Å². The predicted molar refractivity (Wildman–Crippen MR) is 137 cm³/mol. The van der Waals surface area contributed by atoms with E-state index in [9.17, 15) is 4.21 Å². The summed E-state index contributed by atoms with van der Waals surface area (Å²) in [5.41, 5.74) is -0.777. The third-order valence-electron chi connectivity index (χ3n) is 6.06. The Kier molecular flexibility index (Phi) is 7.50. The second-order valence-corrected chi connectivity index (χ2v) is 9.94. The third-order valence-corrected chi connectivity index (χ3v) is 7.56. The van der Waals surface area contributed by atoms with Crippen LogP contribution in [0, 0.1) is 6.92 Å². The lowest BCUT2D eigenvalue weighted by atomic mass is 9.82. The van der Waals surface area contributed by atoms with E-state index >= 15 is 13.2 Å². The minimum Gasteiger partial charge on any atom is -0.497 e. The molecule has 1 unspecified atom stereocenters. The van der Waals surface area contributed by atoms with Gasteiger partial charge in [-0.3, -0.25) is 0 Å². The SMILES string of the molecule is COc1ccc(N[C@@](Cc2ccccc2S(=O)c2ccc(C)cc2)(c2ccccc2)C(F)(F)F)cc1. The van der Waals surface area contributed by atoms with Crippen LogP contribution < -0.4 is 10.1 Å². The molecule has 0 fully saturated rings. The maximum absolute atomic E-state index is 15.1. The van der Waals surface area contributed by atoms with Gasteiger partial charge in [0.25, 0.3) is 0 Å². The largest absolute Gasteiger partial charge is 0.497 e. The van der Waals surface area contributed by atoms with Crippen molar-refractivity contribution >= 4 is 16.5 Å². The van der Waals surface area contributed by atoms with Crippen LogP contribution in [0.5, 0.6) is 5.75 Å². The zero-order chi connectivity index (χ0) is 25.8.